The Morgan fingerprint density at radius 2 is 1.80 bits per heavy atom. The van der Waals surface area contributed by atoms with E-state index in [0.717, 1.165) is 20.9 Å². The van der Waals surface area contributed by atoms with Crippen molar-refractivity contribution in [3.05, 3.63) is 35.7 Å². The molecular weight excluding hydrogens is 270 g/mol. The number of benzene rings is 1. The summed E-state index contributed by atoms with van der Waals surface area (Å²) < 4.78 is 5.56. The molecule has 0 bridgehead atoms. The van der Waals surface area contributed by atoms with Crippen molar-refractivity contribution < 1.29 is 4.74 Å². The van der Waals surface area contributed by atoms with Crippen molar-refractivity contribution in [1.82, 2.24) is 15.0 Å². The Hall–Kier alpha value is -2.01. The Bertz CT molecular complexity index is 750. The molecule has 102 valence electrons. The monoisotopic (exact) mass is 285 g/mol. The molecule has 0 atom stereocenters. The Labute approximate surface area is 121 Å². The fraction of sp³-hybridized carbons (Fsp3) is 0.267. The van der Waals surface area contributed by atoms with Crippen molar-refractivity contribution in [2.24, 2.45) is 0 Å². The Morgan fingerprint density at radius 3 is 2.50 bits per heavy atom. The molecule has 0 fully saturated rings. The van der Waals surface area contributed by atoms with Crippen molar-refractivity contribution in [3.63, 3.8) is 0 Å². The molecule has 3 aromatic rings. The van der Waals surface area contributed by atoms with Gasteiger partial charge in [-0.05, 0) is 20.8 Å². The van der Waals surface area contributed by atoms with Crippen molar-refractivity contribution in [3.8, 4) is 16.5 Å². The second-order valence-corrected chi connectivity index (χ2v) is 5.53. The van der Waals surface area contributed by atoms with E-state index in [4.69, 9.17) is 4.74 Å². The molecule has 0 amide bonds. The van der Waals surface area contributed by atoms with E-state index in [0.29, 0.717) is 18.3 Å². The Morgan fingerprint density at radius 1 is 1.05 bits per heavy atom. The highest BCUT2D eigenvalue weighted by Gasteiger charge is 2.14. The van der Waals surface area contributed by atoms with E-state index in [1.54, 1.807) is 11.3 Å². The Balaban J connectivity index is 2.14. The van der Waals surface area contributed by atoms with E-state index in [1.165, 1.54) is 5.56 Å². The van der Waals surface area contributed by atoms with E-state index in [9.17, 15) is 0 Å². The van der Waals surface area contributed by atoms with Gasteiger partial charge in [-0.3, -0.25) is 0 Å². The molecule has 0 aliphatic carbocycles. The number of ether oxygens (including phenoxy) is 1. The van der Waals surface area contributed by atoms with Crippen LogP contribution in [-0.4, -0.2) is 21.6 Å². The van der Waals surface area contributed by atoms with Gasteiger partial charge in [0.2, 0.25) is 5.88 Å². The largest absolute Gasteiger partial charge is 0.476 e. The summed E-state index contributed by atoms with van der Waals surface area (Å²) in [5.74, 6) is 1.28. The number of thiazole rings is 1. The molecule has 0 unspecified atom stereocenters. The predicted molar refractivity (Wildman–Crippen MR) is 81.3 cm³/mol. The number of nitrogens with zero attached hydrogens (tertiary/aromatic N) is 3. The molecule has 0 spiro atoms. The van der Waals surface area contributed by atoms with Gasteiger partial charge in [0, 0.05) is 5.56 Å². The number of rotatable bonds is 3. The highest BCUT2D eigenvalue weighted by atomic mass is 32.1. The summed E-state index contributed by atoms with van der Waals surface area (Å²) in [6.45, 7) is 6.46. The van der Waals surface area contributed by atoms with Crippen molar-refractivity contribution in [2.45, 2.75) is 20.8 Å². The highest BCUT2D eigenvalue weighted by molar-refractivity contribution is 7.21. The fourth-order valence-electron chi connectivity index (χ4n) is 1.96. The molecule has 2 heterocycles. The van der Waals surface area contributed by atoms with Crippen LogP contribution in [0.3, 0.4) is 0 Å². The summed E-state index contributed by atoms with van der Waals surface area (Å²) in [6.07, 6.45) is 0. The van der Waals surface area contributed by atoms with Crippen molar-refractivity contribution in [1.29, 1.82) is 0 Å². The molecule has 0 radical (unpaired) electrons. The van der Waals surface area contributed by atoms with Gasteiger partial charge in [0.05, 0.1) is 6.61 Å². The summed E-state index contributed by atoms with van der Waals surface area (Å²) in [5, 5.41) is 0.945. The van der Waals surface area contributed by atoms with Crippen LogP contribution < -0.4 is 4.74 Å². The second-order valence-electron chi connectivity index (χ2n) is 4.55. The maximum Gasteiger partial charge on any atom is 0.244 e. The Kier molecular flexibility index (Phi) is 3.36. The number of hydrogen-bond donors (Lipinski definition) is 0. The number of aromatic nitrogens is 3. The summed E-state index contributed by atoms with van der Waals surface area (Å²) >= 11 is 1.57. The molecule has 5 heteroatoms. The van der Waals surface area contributed by atoms with E-state index < -0.39 is 0 Å². The minimum atomic E-state index is 0.572. The first kappa shape index (κ1) is 13.0. The molecular formula is C15H15N3OS. The smallest absolute Gasteiger partial charge is 0.244 e. The number of hydrogen-bond acceptors (Lipinski definition) is 5. The van der Waals surface area contributed by atoms with Crippen LogP contribution in [0.1, 0.15) is 18.3 Å². The molecule has 0 N–H and O–H groups in total. The number of fused-ring (bicyclic) bond motifs is 1. The van der Waals surface area contributed by atoms with Crippen LogP contribution in [0.5, 0.6) is 5.88 Å². The first-order valence-corrected chi connectivity index (χ1v) is 7.34. The lowest BCUT2D eigenvalue weighted by atomic mass is 10.2. The quantitative estimate of drug-likeness (QED) is 0.735. The normalized spacial score (nSPS) is 10.9. The molecule has 1 aromatic carbocycles. The number of aryl methyl sites for hydroxylation is 2. The summed E-state index contributed by atoms with van der Waals surface area (Å²) in [7, 11) is 0. The van der Waals surface area contributed by atoms with Gasteiger partial charge in [0.1, 0.15) is 10.8 Å². The van der Waals surface area contributed by atoms with Gasteiger partial charge in [-0.2, -0.15) is 4.98 Å². The zero-order valence-corrected chi connectivity index (χ0v) is 12.5. The van der Waals surface area contributed by atoms with Gasteiger partial charge < -0.3 is 4.74 Å². The zero-order chi connectivity index (χ0) is 14.1. The molecule has 4 nitrogen and oxygen atoms in total. The summed E-state index contributed by atoms with van der Waals surface area (Å²) in [6, 6.07) is 8.32. The SMILES string of the molecule is CCOc1nc(C)nc2sc(-c3ccc(C)cc3)nc12. The van der Waals surface area contributed by atoms with Gasteiger partial charge in [-0.1, -0.05) is 41.2 Å². The van der Waals surface area contributed by atoms with Crippen LogP contribution in [0.15, 0.2) is 24.3 Å². The topological polar surface area (TPSA) is 47.9 Å². The first-order valence-electron chi connectivity index (χ1n) is 6.52. The molecule has 0 aliphatic heterocycles. The van der Waals surface area contributed by atoms with Gasteiger partial charge in [0.25, 0.3) is 0 Å². The predicted octanol–water partition coefficient (Wildman–Crippen LogP) is 3.77. The fourth-order valence-corrected chi connectivity index (χ4v) is 2.94. The van der Waals surface area contributed by atoms with Crippen molar-refractivity contribution in [2.75, 3.05) is 6.61 Å². The first-order chi connectivity index (χ1) is 9.67. The minimum Gasteiger partial charge on any atom is -0.476 e. The molecule has 0 saturated heterocycles. The van der Waals surface area contributed by atoms with E-state index in [1.807, 2.05) is 13.8 Å². The third-order valence-electron chi connectivity index (χ3n) is 2.92. The van der Waals surface area contributed by atoms with E-state index in [2.05, 4.69) is 46.1 Å². The highest BCUT2D eigenvalue weighted by Crippen LogP contribution is 2.32. The zero-order valence-electron chi connectivity index (χ0n) is 11.7. The van der Waals surface area contributed by atoms with E-state index in [-0.39, 0.29) is 0 Å². The molecule has 20 heavy (non-hydrogen) atoms. The van der Waals surface area contributed by atoms with Gasteiger partial charge >= 0.3 is 0 Å². The van der Waals surface area contributed by atoms with Crippen LogP contribution in [0.4, 0.5) is 0 Å². The van der Waals surface area contributed by atoms with Crippen LogP contribution >= 0.6 is 11.3 Å². The molecule has 3 rings (SSSR count). The minimum absolute atomic E-state index is 0.572. The van der Waals surface area contributed by atoms with Gasteiger partial charge in [0.15, 0.2) is 10.3 Å². The lowest BCUT2D eigenvalue weighted by molar-refractivity contribution is 0.329. The van der Waals surface area contributed by atoms with Crippen molar-refractivity contribution >= 4 is 21.7 Å². The average Bonchev–Trinajstić information content (AvgIpc) is 2.83. The van der Waals surface area contributed by atoms with Crippen LogP contribution in [0, 0.1) is 13.8 Å². The molecule has 2 aromatic heterocycles. The third-order valence-corrected chi connectivity index (χ3v) is 3.92. The van der Waals surface area contributed by atoms with Crippen LogP contribution in [-0.2, 0) is 0 Å². The molecule has 0 saturated carbocycles. The maximum atomic E-state index is 5.56. The summed E-state index contributed by atoms with van der Waals surface area (Å²) in [4.78, 5) is 14.3. The second kappa shape index (κ2) is 5.17. The summed E-state index contributed by atoms with van der Waals surface area (Å²) in [5.41, 5.74) is 3.08. The van der Waals surface area contributed by atoms with Gasteiger partial charge in [-0.15, -0.1) is 0 Å². The standard InChI is InChI=1S/C15H15N3OS/c1-4-19-13-12-15(17-10(3)16-13)20-14(18-12)11-7-5-9(2)6-8-11/h5-8H,4H2,1-3H3. The van der Waals surface area contributed by atoms with Gasteiger partial charge in [-0.25, -0.2) is 9.97 Å². The lowest BCUT2D eigenvalue weighted by Crippen LogP contribution is -1.98. The third kappa shape index (κ3) is 2.36. The van der Waals surface area contributed by atoms with E-state index >= 15 is 0 Å². The van der Waals surface area contributed by atoms with Crippen LogP contribution in [0.2, 0.25) is 0 Å². The lowest BCUT2D eigenvalue weighted by Gasteiger charge is -2.02. The van der Waals surface area contributed by atoms with Crippen LogP contribution in [0.25, 0.3) is 20.9 Å². The average molecular weight is 285 g/mol. The molecule has 0 aliphatic rings. The maximum absolute atomic E-state index is 5.56.